The molecule has 0 saturated carbocycles. The molecule has 0 fully saturated rings. The third-order valence-corrected chi connectivity index (χ3v) is 4.69. The van der Waals surface area contributed by atoms with Crippen LogP contribution in [0, 0.1) is 0 Å². The monoisotopic (exact) mass is 341 g/mol. The minimum absolute atomic E-state index is 0.0476. The molecular weight excluding hydrogens is 322 g/mol. The molecular formula is C18H19N3O2S. The van der Waals surface area contributed by atoms with Crippen molar-refractivity contribution >= 4 is 28.7 Å². The first-order valence-electron chi connectivity index (χ1n) is 7.72. The Bertz CT molecular complexity index is 839. The van der Waals surface area contributed by atoms with Gasteiger partial charge in [-0.1, -0.05) is 30.0 Å². The van der Waals surface area contributed by atoms with Crippen molar-refractivity contribution in [2.45, 2.75) is 30.4 Å². The number of benzene rings is 1. The third-order valence-electron chi connectivity index (χ3n) is 3.60. The van der Waals surface area contributed by atoms with Crippen LogP contribution >= 0.6 is 11.8 Å². The Hall–Kier alpha value is -2.47. The van der Waals surface area contributed by atoms with E-state index in [-0.39, 0.29) is 11.2 Å². The number of thioether (sulfide) groups is 1. The number of hydrogen-bond acceptors (Lipinski definition) is 4. The summed E-state index contributed by atoms with van der Waals surface area (Å²) in [5.41, 5.74) is 1.97. The average Bonchev–Trinajstić information content (AvgIpc) is 3.21. The van der Waals surface area contributed by atoms with Crippen molar-refractivity contribution in [3.05, 3.63) is 61.1 Å². The summed E-state index contributed by atoms with van der Waals surface area (Å²) in [5.74, 6) is 0.688. The number of nitrogens with one attached hydrogen (secondary N) is 1. The normalized spacial score (nSPS) is 12.2. The highest BCUT2D eigenvalue weighted by Gasteiger charge is 2.19. The molecule has 0 bridgehead atoms. The first kappa shape index (κ1) is 16.4. The molecule has 1 amide bonds. The summed E-state index contributed by atoms with van der Waals surface area (Å²) < 4.78 is 7.30. The summed E-state index contributed by atoms with van der Waals surface area (Å²) >= 11 is 1.44. The third kappa shape index (κ3) is 3.54. The fraction of sp³-hybridized carbons (Fsp3) is 0.222. The maximum absolute atomic E-state index is 12.3. The van der Waals surface area contributed by atoms with Gasteiger partial charge in [-0.2, -0.15) is 0 Å². The number of furan rings is 1. The Morgan fingerprint density at radius 3 is 3.00 bits per heavy atom. The molecule has 3 rings (SSSR count). The van der Waals surface area contributed by atoms with Crippen LogP contribution in [0.2, 0.25) is 0 Å². The molecule has 2 aromatic heterocycles. The molecule has 6 heteroatoms. The lowest BCUT2D eigenvalue weighted by Gasteiger charge is -2.12. The van der Waals surface area contributed by atoms with Crippen LogP contribution in [0.25, 0.3) is 11.0 Å². The molecule has 0 spiro atoms. The number of imidazole rings is 1. The summed E-state index contributed by atoms with van der Waals surface area (Å²) in [6.45, 7) is 6.73. The summed E-state index contributed by atoms with van der Waals surface area (Å²) in [4.78, 5) is 16.9. The molecule has 5 nitrogen and oxygen atoms in total. The van der Waals surface area contributed by atoms with Crippen LogP contribution in [-0.4, -0.2) is 20.7 Å². The number of allylic oxidation sites excluding steroid dienone is 1. The number of nitrogens with zero attached hydrogens (tertiary/aromatic N) is 2. The van der Waals surface area contributed by atoms with Crippen LogP contribution in [0.3, 0.4) is 0 Å². The zero-order valence-electron chi connectivity index (χ0n) is 13.4. The van der Waals surface area contributed by atoms with Gasteiger partial charge in [0.15, 0.2) is 5.16 Å². The lowest BCUT2D eigenvalue weighted by atomic mass is 10.3. The number of carbonyl (C=O) groups is 1. The van der Waals surface area contributed by atoms with E-state index in [9.17, 15) is 4.79 Å². The highest BCUT2D eigenvalue weighted by molar-refractivity contribution is 8.00. The molecule has 1 aromatic carbocycles. The predicted molar refractivity (Wildman–Crippen MR) is 95.8 cm³/mol. The van der Waals surface area contributed by atoms with Crippen molar-refractivity contribution < 1.29 is 9.21 Å². The van der Waals surface area contributed by atoms with Crippen molar-refractivity contribution in [1.29, 1.82) is 0 Å². The lowest BCUT2D eigenvalue weighted by Crippen LogP contribution is -2.30. The molecule has 0 saturated heterocycles. The molecule has 0 radical (unpaired) electrons. The Kier molecular flexibility index (Phi) is 5.05. The van der Waals surface area contributed by atoms with Gasteiger partial charge in [0.1, 0.15) is 5.76 Å². The van der Waals surface area contributed by atoms with Gasteiger partial charge in [-0.15, -0.1) is 6.58 Å². The number of rotatable bonds is 7. The van der Waals surface area contributed by atoms with Crippen LogP contribution in [0.5, 0.6) is 0 Å². The summed E-state index contributed by atoms with van der Waals surface area (Å²) in [7, 11) is 0. The first-order valence-corrected chi connectivity index (χ1v) is 8.60. The molecule has 0 aliphatic heterocycles. The van der Waals surface area contributed by atoms with E-state index in [4.69, 9.17) is 4.42 Å². The van der Waals surface area contributed by atoms with Gasteiger partial charge < -0.3 is 14.3 Å². The van der Waals surface area contributed by atoms with Gasteiger partial charge in [0.2, 0.25) is 5.91 Å². The Morgan fingerprint density at radius 1 is 1.42 bits per heavy atom. The Morgan fingerprint density at radius 2 is 2.25 bits per heavy atom. The molecule has 2 heterocycles. The van der Waals surface area contributed by atoms with Gasteiger partial charge in [-0.3, -0.25) is 4.79 Å². The number of para-hydroxylation sites is 2. The zero-order valence-corrected chi connectivity index (χ0v) is 14.3. The fourth-order valence-electron chi connectivity index (χ4n) is 2.39. The van der Waals surface area contributed by atoms with Crippen LogP contribution < -0.4 is 5.32 Å². The van der Waals surface area contributed by atoms with Gasteiger partial charge in [-0.25, -0.2) is 4.98 Å². The Balaban J connectivity index is 1.72. The van der Waals surface area contributed by atoms with Gasteiger partial charge >= 0.3 is 0 Å². The van der Waals surface area contributed by atoms with Crippen LogP contribution in [-0.2, 0) is 17.9 Å². The van der Waals surface area contributed by atoms with E-state index in [0.717, 1.165) is 22.0 Å². The van der Waals surface area contributed by atoms with Gasteiger partial charge in [0, 0.05) is 6.54 Å². The van der Waals surface area contributed by atoms with Crippen molar-refractivity contribution in [2.75, 3.05) is 0 Å². The second-order valence-corrected chi connectivity index (χ2v) is 6.65. The van der Waals surface area contributed by atoms with E-state index < -0.39 is 0 Å². The maximum atomic E-state index is 12.3. The van der Waals surface area contributed by atoms with E-state index in [2.05, 4.69) is 21.4 Å². The molecule has 0 aliphatic carbocycles. The SMILES string of the molecule is C=CCn1c(SC(C)C(=O)NCc2ccco2)nc2ccccc21. The molecule has 1 atom stereocenters. The van der Waals surface area contributed by atoms with E-state index in [1.807, 2.05) is 43.3 Å². The lowest BCUT2D eigenvalue weighted by molar-refractivity contribution is -0.120. The predicted octanol–water partition coefficient (Wildman–Crippen LogP) is 3.61. The topological polar surface area (TPSA) is 60.1 Å². The van der Waals surface area contributed by atoms with E-state index in [1.54, 1.807) is 12.3 Å². The zero-order chi connectivity index (χ0) is 16.9. The van der Waals surface area contributed by atoms with Crippen molar-refractivity contribution in [3.63, 3.8) is 0 Å². The quantitative estimate of drug-likeness (QED) is 0.527. The van der Waals surface area contributed by atoms with E-state index in [1.165, 1.54) is 11.8 Å². The average molecular weight is 341 g/mol. The highest BCUT2D eigenvalue weighted by Crippen LogP contribution is 2.27. The van der Waals surface area contributed by atoms with Crippen LogP contribution in [0.15, 0.2) is 64.9 Å². The molecule has 124 valence electrons. The summed E-state index contributed by atoms with van der Waals surface area (Å²) in [5, 5.41) is 3.43. The smallest absolute Gasteiger partial charge is 0.233 e. The van der Waals surface area contributed by atoms with E-state index in [0.29, 0.717) is 13.1 Å². The molecule has 24 heavy (non-hydrogen) atoms. The summed E-state index contributed by atoms with van der Waals surface area (Å²) in [6.07, 6.45) is 3.43. The number of carbonyl (C=O) groups excluding carboxylic acids is 1. The largest absolute Gasteiger partial charge is 0.467 e. The molecule has 3 aromatic rings. The number of amides is 1. The molecule has 1 unspecified atom stereocenters. The first-order chi connectivity index (χ1) is 11.7. The van der Waals surface area contributed by atoms with Crippen molar-refractivity contribution in [2.24, 2.45) is 0 Å². The maximum Gasteiger partial charge on any atom is 0.233 e. The Labute approximate surface area is 144 Å². The van der Waals surface area contributed by atoms with Crippen molar-refractivity contribution in [1.82, 2.24) is 14.9 Å². The van der Waals surface area contributed by atoms with Crippen molar-refractivity contribution in [3.8, 4) is 0 Å². The second kappa shape index (κ2) is 7.40. The second-order valence-electron chi connectivity index (χ2n) is 5.34. The minimum atomic E-state index is -0.264. The molecule has 0 aliphatic rings. The fourth-order valence-corrected chi connectivity index (χ4v) is 3.35. The number of fused-ring (bicyclic) bond motifs is 1. The standard InChI is InChI=1S/C18H19N3O2S/c1-3-10-21-16-9-5-4-8-15(16)20-18(21)24-13(2)17(22)19-12-14-7-6-11-23-14/h3-9,11,13H,1,10,12H2,2H3,(H,19,22). The van der Waals surface area contributed by atoms with Gasteiger partial charge in [-0.05, 0) is 31.2 Å². The summed E-state index contributed by atoms with van der Waals surface area (Å²) in [6, 6.07) is 11.6. The highest BCUT2D eigenvalue weighted by atomic mass is 32.2. The van der Waals surface area contributed by atoms with Crippen LogP contribution in [0.1, 0.15) is 12.7 Å². The molecule has 1 N–H and O–H groups in total. The van der Waals surface area contributed by atoms with Gasteiger partial charge in [0.25, 0.3) is 0 Å². The van der Waals surface area contributed by atoms with E-state index >= 15 is 0 Å². The number of aromatic nitrogens is 2. The number of hydrogen-bond donors (Lipinski definition) is 1. The van der Waals surface area contributed by atoms with Gasteiger partial charge in [0.05, 0.1) is 29.1 Å². The van der Waals surface area contributed by atoms with Crippen LogP contribution in [0.4, 0.5) is 0 Å². The minimum Gasteiger partial charge on any atom is -0.467 e.